The number of rotatable bonds is 5. The lowest BCUT2D eigenvalue weighted by Gasteiger charge is -2.39. The zero-order valence-corrected chi connectivity index (χ0v) is 15.1. The summed E-state index contributed by atoms with van der Waals surface area (Å²) in [6, 6.07) is 6.25. The fourth-order valence-corrected chi connectivity index (χ4v) is 3.78. The van der Waals surface area contributed by atoms with Crippen molar-refractivity contribution in [1.82, 2.24) is 9.80 Å². The molecule has 0 bridgehead atoms. The fourth-order valence-electron chi connectivity index (χ4n) is 2.98. The number of piperazine rings is 1. The van der Waals surface area contributed by atoms with E-state index in [1.165, 1.54) is 0 Å². The monoisotopic (exact) mass is 374 g/mol. The van der Waals surface area contributed by atoms with Gasteiger partial charge in [0.05, 0.1) is 6.10 Å². The van der Waals surface area contributed by atoms with Gasteiger partial charge >= 0.3 is 0 Å². The van der Waals surface area contributed by atoms with E-state index in [-0.39, 0.29) is 0 Å². The quantitative estimate of drug-likeness (QED) is 0.852. The van der Waals surface area contributed by atoms with Crippen molar-refractivity contribution < 1.29 is 5.11 Å². The molecule has 118 valence electrons. The van der Waals surface area contributed by atoms with Crippen molar-refractivity contribution in [3.05, 3.63) is 33.3 Å². The second-order valence-corrected chi connectivity index (χ2v) is 7.07. The van der Waals surface area contributed by atoms with E-state index in [1.54, 1.807) is 0 Å². The van der Waals surface area contributed by atoms with Crippen LogP contribution in [0.1, 0.15) is 31.9 Å². The van der Waals surface area contributed by atoms with Gasteiger partial charge in [0.25, 0.3) is 0 Å². The summed E-state index contributed by atoms with van der Waals surface area (Å²) in [6.07, 6.45) is 0.227. The minimum atomic E-state index is -0.495. The van der Waals surface area contributed by atoms with Crippen LogP contribution < -0.4 is 0 Å². The maximum Gasteiger partial charge on any atom is 0.0816 e. The number of nitrogens with zero attached hydrogens (tertiary/aromatic N) is 2. The first kappa shape index (κ1) is 17.2. The van der Waals surface area contributed by atoms with E-state index in [1.807, 2.05) is 18.2 Å². The first-order chi connectivity index (χ1) is 10.0. The second kappa shape index (κ2) is 7.93. The van der Waals surface area contributed by atoms with Crippen LogP contribution in [-0.2, 0) is 0 Å². The SMILES string of the molecule is CCN1CCN(CCC(O)c2ccc(Br)cc2Cl)CC1C. The Labute approximate surface area is 141 Å². The molecule has 0 saturated carbocycles. The molecule has 2 unspecified atom stereocenters. The smallest absolute Gasteiger partial charge is 0.0816 e. The zero-order valence-electron chi connectivity index (χ0n) is 12.7. The summed E-state index contributed by atoms with van der Waals surface area (Å²) in [5, 5.41) is 11.0. The highest BCUT2D eigenvalue weighted by atomic mass is 79.9. The third-order valence-electron chi connectivity index (χ3n) is 4.30. The predicted octanol–water partition coefficient (Wildman–Crippen LogP) is 3.55. The van der Waals surface area contributed by atoms with E-state index in [9.17, 15) is 5.11 Å². The van der Waals surface area contributed by atoms with Gasteiger partial charge in [0.15, 0.2) is 0 Å². The van der Waals surface area contributed by atoms with Gasteiger partial charge in [-0.15, -0.1) is 0 Å². The number of likely N-dealkylation sites (N-methyl/N-ethyl adjacent to an activating group) is 1. The maximum atomic E-state index is 10.4. The van der Waals surface area contributed by atoms with Crippen molar-refractivity contribution in [2.24, 2.45) is 0 Å². The Hall–Kier alpha value is -0.130. The van der Waals surface area contributed by atoms with Crippen LogP contribution in [-0.4, -0.2) is 53.7 Å². The first-order valence-electron chi connectivity index (χ1n) is 7.60. The summed E-state index contributed by atoms with van der Waals surface area (Å²) < 4.78 is 0.938. The summed E-state index contributed by atoms with van der Waals surface area (Å²) in [5.74, 6) is 0. The van der Waals surface area contributed by atoms with Gasteiger partial charge in [0.1, 0.15) is 0 Å². The minimum absolute atomic E-state index is 0.495. The van der Waals surface area contributed by atoms with Gasteiger partial charge in [-0.1, -0.05) is 40.5 Å². The van der Waals surface area contributed by atoms with Crippen molar-refractivity contribution in [2.75, 3.05) is 32.7 Å². The highest BCUT2D eigenvalue weighted by Crippen LogP contribution is 2.28. The van der Waals surface area contributed by atoms with Crippen molar-refractivity contribution in [3.8, 4) is 0 Å². The summed E-state index contributed by atoms with van der Waals surface area (Å²) >= 11 is 9.58. The Morgan fingerprint density at radius 1 is 1.43 bits per heavy atom. The Kier molecular flexibility index (Phi) is 6.51. The third kappa shape index (κ3) is 4.67. The van der Waals surface area contributed by atoms with Crippen LogP contribution in [0.25, 0.3) is 0 Å². The van der Waals surface area contributed by atoms with Crippen molar-refractivity contribution >= 4 is 27.5 Å². The highest BCUT2D eigenvalue weighted by molar-refractivity contribution is 9.10. The van der Waals surface area contributed by atoms with Crippen LogP contribution in [0.15, 0.2) is 22.7 Å². The molecule has 0 radical (unpaired) electrons. The van der Waals surface area contributed by atoms with E-state index in [2.05, 4.69) is 39.6 Å². The molecule has 0 spiro atoms. The predicted molar refractivity (Wildman–Crippen MR) is 91.9 cm³/mol. The molecule has 0 aliphatic carbocycles. The lowest BCUT2D eigenvalue weighted by Crippen LogP contribution is -2.51. The summed E-state index contributed by atoms with van der Waals surface area (Å²) in [7, 11) is 0. The zero-order chi connectivity index (χ0) is 15.4. The Morgan fingerprint density at radius 2 is 2.19 bits per heavy atom. The maximum absolute atomic E-state index is 10.4. The first-order valence-corrected chi connectivity index (χ1v) is 8.77. The van der Waals surface area contributed by atoms with Gasteiger partial charge in [-0.25, -0.2) is 0 Å². The number of aliphatic hydroxyl groups is 1. The molecule has 1 aliphatic heterocycles. The van der Waals surface area contributed by atoms with Crippen LogP contribution in [0.5, 0.6) is 0 Å². The van der Waals surface area contributed by atoms with E-state index in [4.69, 9.17) is 11.6 Å². The van der Waals surface area contributed by atoms with E-state index >= 15 is 0 Å². The molecule has 2 rings (SSSR count). The van der Waals surface area contributed by atoms with E-state index in [0.717, 1.165) is 49.2 Å². The van der Waals surface area contributed by atoms with Crippen LogP contribution >= 0.6 is 27.5 Å². The number of halogens is 2. The standard InChI is InChI=1S/C16H24BrClN2O/c1-3-20-9-8-19(11-12(20)2)7-6-16(21)14-5-4-13(17)10-15(14)18/h4-5,10,12,16,21H,3,6-9,11H2,1-2H3. The molecule has 1 aliphatic rings. The molecule has 2 atom stereocenters. The van der Waals surface area contributed by atoms with Crippen molar-refractivity contribution in [1.29, 1.82) is 0 Å². The highest BCUT2D eigenvalue weighted by Gasteiger charge is 2.23. The van der Waals surface area contributed by atoms with Gasteiger partial charge in [0.2, 0.25) is 0 Å². The van der Waals surface area contributed by atoms with Gasteiger partial charge < -0.3 is 10.0 Å². The van der Waals surface area contributed by atoms with Crippen LogP contribution in [0, 0.1) is 0 Å². The number of aliphatic hydroxyl groups excluding tert-OH is 1. The molecular weight excluding hydrogens is 352 g/mol. The van der Waals surface area contributed by atoms with Gasteiger partial charge in [-0.3, -0.25) is 4.90 Å². The molecule has 1 heterocycles. The van der Waals surface area contributed by atoms with E-state index in [0.29, 0.717) is 11.1 Å². The third-order valence-corrected chi connectivity index (χ3v) is 5.12. The van der Waals surface area contributed by atoms with Crippen molar-refractivity contribution in [2.45, 2.75) is 32.4 Å². The molecule has 1 saturated heterocycles. The number of benzene rings is 1. The summed E-state index contributed by atoms with van der Waals surface area (Å²) in [5.41, 5.74) is 0.820. The summed E-state index contributed by atoms with van der Waals surface area (Å²) in [4.78, 5) is 4.94. The molecule has 1 aromatic carbocycles. The lowest BCUT2D eigenvalue weighted by atomic mass is 10.1. The van der Waals surface area contributed by atoms with Gasteiger partial charge in [-0.05, 0) is 37.6 Å². The Morgan fingerprint density at radius 3 is 2.81 bits per heavy atom. The average molecular weight is 376 g/mol. The second-order valence-electron chi connectivity index (χ2n) is 5.75. The Bertz CT molecular complexity index is 472. The molecule has 0 amide bonds. The average Bonchev–Trinajstić information content (AvgIpc) is 2.45. The van der Waals surface area contributed by atoms with E-state index < -0.39 is 6.10 Å². The molecule has 21 heavy (non-hydrogen) atoms. The molecule has 5 heteroatoms. The Balaban J connectivity index is 1.85. The van der Waals surface area contributed by atoms with Gasteiger partial charge in [-0.2, -0.15) is 0 Å². The molecule has 1 fully saturated rings. The van der Waals surface area contributed by atoms with Crippen LogP contribution in [0.3, 0.4) is 0 Å². The molecule has 1 aromatic rings. The van der Waals surface area contributed by atoms with Crippen molar-refractivity contribution in [3.63, 3.8) is 0 Å². The summed E-state index contributed by atoms with van der Waals surface area (Å²) in [6.45, 7) is 9.80. The molecule has 0 aromatic heterocycles. The normalized spacial score (nSPS) is 22.4. The fraction of sp³-hybridized carbons (Fsp3) is 0.625. The lowest BCUT2D eigenvalue weighted by molar-refractivity contribution is 0.0719. The largest absolute Gasteiger partial charge is 0.388 e. The molecule has 1 N–H and O–H groups in total. The van der Waals surface area contributed by atoms with Crippen LogP contribution in [0.4, 0.5) is 0 Å². The number of hydrogen-bond acceptors (Lipinski definition) is 3. The minimum Gasteiger partial charge on any atom is -0.388 e. The van der Waals surface area contributed by atoms with Crippen LogP contribution in [0.2, 0.25) is 5.02 Å². The molecular formula is C16H24BrClN2O. The number of hydrogen-bond donors (Lipinski definition) is 1. The topological polar surface area (TPSA) is 26.7 Å². The van der Waals surface area contributed by atoms with Gasteiger partial charge in [0, 0.05) is 41.7 Å². The molecule has 3 nitrogen and oxygen atoms in total.